The number of nitrogens with zero attached hydrogens (tertiary/aromatic N) is 1. The zero-order chi connectivity index (χ0) is 18.0. The molecule has 0 saturated heterocycles. The van der Waals surface area contributed by atoms with Crippen molar-refractivity contribution in [3.63, 3.8) is 0 Å². The van der Waals surface area contributed by atoms with E-state index in [1.54, 1.807) is 24.3 Å². The van der Waals surface area contributed by atoms with Gasteiger partial charge in [0.15, 0.2) is 11.5 Å². The highest BCUT2D eigenvalue weighted by Crippen LogP contribution is 2.23. The monoisotopic (exact) mass is 357 g/mol. The second-order valence-corrected chi connectivity index (χ2v) is 7.32. The summed E-state index contributed by atoms with van der Waals surface area (Å²) in [6.45, 7) is 5.85. The highest BCUT2D eigenvalue weighted by atomic mass is 32.1. The maximum Gasteiger partial charge on any atom is 0.261 e. The first-order valence-corrected chi connectivity index (χ1v) is 8.79. The summed E-state index contributed by atoms with van der Waals surface area (Å²) in [4.78, 5) is 30.0. The van der Waals surface area contributed by atoms with Gasteiger partial charge in [0.2, 0.25) is 5.91 Å². The van der Waals surface area contributed by atoms with Crippen LogP contribution in [0.2, 0.25) is 0 Å². The minimum Gasteiger partial charge on any atom is -0.440 e. The largest absolute Gasteiger partial charge is 0.440 e. The molecule has 2 aromatic heterocycles. The number of carbonyl (C=O) groups excluding carboxylic acids is 2. The van der Waals surface area contributed by atoms with Gasteiger partial charge in [0.05, 0.1) is 11.4 Å². The fourth-order valence-electron chi connectivity index (χ4n) is 2.28. The zero-order valence-corrected chi connectivity index (χ0v) is 15.1. The standard InChI is InChI=1S/C18H19N3O3S/c1-10(2)18-21-13-8-12(5-6-14(13)24-18)20-16(22)9-19-17(23)15-7-4-11(3)25-15/h4-8,10H,9H2,1-3H3,(H,19,23)(H,20,22). The van der Waals surface area contributed by atoms with Gasteiger partial charge >= 0.3 is 0 Å². The topological polar surface area (TPSA) is 84.2 Å². The first-order chi connectivity index (χ1) is 11.9. The van der Waals surface area contributed by atoms with Crippen LogP contribution in [0.5, 0.6) is 0 Å². The Morgan fingerprint density at radius 2 is 2.04 bits per heavy atom. The van der Waals surface area contributed by atoms with Gasteiger partial charge in [-0.25, -0.2) is 4.98 Å². The van der Waals surface area contributed by atoms with Crippen molar-refractivity contribution in [1.82, 2.24) is 10.3 Å². The van der Waals surface area contributed by atoms with E-state index in [9.17, 15) is 9.59 Å². The maximum atomic E-state index is 12.0. The molecule has 7 heteroatoms. The third-order valence-corrected chi connectivity index (χ3v) is 4.55. The Morgan fingerprint density at radius 3 is 2.72 bits per heavy atom. The second-order valence-electron chi connectivity index (χ2n) is 6.03. The van der Waals surface area contributed by atoms with E-state index in [2.05, 4.69) is 15.6 Å². The van der Waals surface area contributed by atoms with Crippen LogP contribution < -0.4 is 10.6 Å². The Labute approximate surface area is 149 Å². The molecular weight excluding hydrogens is 338 g/mol. The number of nitrogens with one attached hydrogen (secondary N) is 2. The number of hydrogen-bond donors (Lipinski definition) is 2. The van der Waals surface area contributed by atoms with E-state index in [0.717, 1.165) is 4.88 Å². The highest BCUT2D eigenvalue weighted by molar-refractivity contribution is 7.13. The van der Waals surface area contributed by atoms with Gasteiger partial charge in [0, 0.05) is 16.5 Å². The number of oxazole rings is 1. The number of amides is 2. The fourth-order valence-corrected chi connectivity index (χ4v) is 3.06. The molecule has 6 nitrogen and oxygen atoms in total. The summed E-state index contributed by atoms with van der Waals surface area (Å²) in [5.74, 6) is 0.314. The molecule has 0 aliphatic heterocycles. The van der Waals surface area contributed by atoms with Crippen molar-refractivity contribution in [3.05, 3.63) is 46.0 Å². The Balaban J connectivity index is 1.60. The average molecular weight is 357 g/mol. The van der Waals surface area contributed by atoms with Crippen LogP contribution in [0.1, 0.15) is 40.2 Å². The fraction of sp³-hybridized carbons (Fsp3) is 0.278. The van der Waals surface area contributed by atoms with Crippen LogP contribution in [0.3, 0.4) is 0 Å². The molecule has 0 fully saturated rings. The number of fused-ring (bicyclic) bond motifs is 1. The molecule has 0 radical (unpaired) electrons. The summed E-state index contributed by atoms with van der Waals surface area (Å²) < 4.78 is 5.64. The molecule has 0 atom stereocenters. The first kappa shape index (κ1) is 17.2. The van der Waals surface area contributed by atoms with Crippen LogP contribution in [0.15, 0.2) is 34.7 Å². The Morgan fingerprint density at radius 1 is 1.24 bits per heavy atom. The number of aromatic nitrogens is 1. The molecule has 3 aromatic rings. The average Bonchev–Trinajstić information content (AvgIpc) is 3.18. The van der Waals surface area contributed by atoms with E-state index in [4.69, 9.17) is 4.42 Å². The van der Waals surface area contributed by atoms with Crippen molar-refractivity contribution < 1.29 is 14.0 Å². The molecule has 0 aliphatic carbocycles. The van der Waals surface area contributed by atoms with Crippen LogP contribution in [-0.2, 0) is 4.79 Å². The summed E-state index contributed by atoms with van der Waals surface area (Å²) in [5, 5.41) is 5.37. The summed E-state index contributed by atoms with van der Waals surface area (Å²) in [7, 11) is 0. The van der Waals surface area contributed by atoms with Gasteiger partial charge in [0.25, 0.3) is 5.91 Å². The molecule has 130 valence electrons. The predicted molar refractivity (Wildman–Crippen MR) is 98.1 cm³/mol. The summed E-state index contributed by atoms with van der Waals surface area (Å²) in [5.41, 5.74) is 1.99. The highest BCUT2D eigenvalue weighted by Gasteiger charge is 2.12. The van der Waals surface area contributed by atoms with Gasteiger partial charge in [-0.2, -0.15) is 0 Å². The quantitative estimate of drug-likeness (QED) is 0.729. The number of thiophene rings is 1. The van der Waals surface area contributed by atoms with Crippen molar-refractivity contribution >= 4 is 39.9 Å². The third kappa shape index (κ3) is 4.06. The van der Waals surface area contributed by atoms with Crippen molar-refractivity contribution in [2.45, 2.75) is 26.7 Å². The van der Waals surface area contributed by atoms with Crippen LogP contribution in [0, 0.1) is 6.92 Å². The number of hydrogen-bond acceptors (Lipinski definition) is 5. The lowest BCUT2D eigenvalue weighted by molar-refractivity contribution is -0.115. The SMILES string of the molecule is Cc1ccc(C(=O)NCC(=O)Nc2ccc3oc(C(C)C)nc3c2)s1. The summed E-state index contributed by atoms with van der Waals surface area (Å²) in [6.07, 6.45) is 0. The van der Waals surface area contributed by atoms with Gasteiger partial charge in [-0.15, -0.1) is 11.3 Å². The second kappa shape index (κ2) is 7.06. The van der Waals surface area contributed by atoms with E-state index in [0.29, 0.717) is 27.6 Å². The number of anilines is 1. The molecule has 3 rings (SSSR count). The van der Waals surface area contributed by atoms with E-state index < -0.39 is 0 Å². The van der Waals surface area contributed by atoms with Crippen molar-refractivity contribution in [2.24, 2.45) is 0 Å². The van der Waals surface area contributed by atoms with Crippen LogP contribution >= 0.6 is 11.3 Å². The van der Waals surface area contributed by atoms with Gasteiger partial charge in [-0.05, 0) is 37.3 Å². The molecule has 2 heterocycles. The minimum absolute atomic E-state index is 0.0934. The Kier molecular flexibility index (Phi) is 4.85. The van der Waals surface area contributed by atoms with Crippen LogP contribution in [-0.4, -0.2) is 23.3 Å². The Hall–Kier alpha value is -2.67. The molecule has 0 aliphatic rings. The number of rotatable bonds is 5. The molecule has 1 aromatic carbocycles. The van der Waals surface area contributed by atoms with E-state index >= 15 is 0 Å². The summed E-state index contributed by atoms with van der Waals surface area (Å²) in [6, 6.07) is 8.90. The lowest BCUT2D eigenvalue weighted by atomic mass is 10.2. The number of carbonyl (C=O) groups is 2. The summed E-state index contributed by atoms with van der Waals surface area (Å²) >= 11 is 1.40. The maximum absolute atomic E-state index is 12.0. The van der Waals surface area contributed by atoms with Crippen molar-refractivity contribution in [1.29, 1.82) is 0 Å². The number of benzene rings is 1. The molecule has 0 unspecified atom stereocenters. The van der Waals surface area contributed by atoms with Gasteiger partial charge in [0.1, 0.15) is 5.52 Å². The molecular formula is C18H19N3O3S. The molecule has 2 amide bonds. The molecule has 0 bridgehead atoms. The molecule has 25 heavy (non-hydrogen) atoms. The van der Waals surface area contributed by atoms with E-state index in [1.807, 2.05) is 26.8 Å². The third-order valence-electron chi connectivity index (χ3n) is 3.56. The lowest BCUT2D eigenvalue weighted by Crippen LogP contribution is -2.32. The predicted octanol–water partition coefficient (Wildman–Crippen LogP) is 3.69. The normalized spacial score (nSPS) is 11.0. The molecule has 0 saturated carbocycles. The van der Waals surface area contributed by atoms with E-state index in [1.165, 1.54) is 11.3 Å². The van der Waals surface area contributed by atoms with Gasteiger partial charge < -0.3 is 15.1 Å². The van der Waals surface area contributed by atoms with E-state index in [-0.39, 0.29) is 24.3 Å². The Bertz CT molecular complexity index is 927. The first-order valence-electron chi connectivity index (χ1n) is 7.97. The molecule has 0 spiro atoms. The zero-order valence-electron chi connectivity index (χ0n) is 14.3. The van der Waals surface area contributed by atoms with Crippen molar-refractivity contribution in [3.8, 4) is 0 Å². The lowest BCUT2D eigenvalue weighted by Gasteiger charge is -2.06. The molecule has 2 N–H and O–H groups in total. The van der Waals surface area contributed by atoms with Crippen molar-refractivity contribution in [2.75, 3.05) is 11.9 Å². The minimum atomic E-state index is -0.298. The smallest absolute Gasteiger partial charge is 0.261 e. The van der Waals surface area contributed by atoms with Crippen LogP contribution in [0.4, 0.5) is 5.69 Å². The van der Waals surface area contributed by atoms with Gasteiger partial charge in [-0.3, -0.25) is 9.59 Å². The van der Waals surface area contributed by atoms with Crippen LogP contribution in [0.25, 0.3) is 11.1 Å². The number of aryl methyl sites for hydroxylation is 1. The van der Waals surface area contributed by atoms with Gasteiger partial charge in [-0.1, -0.05) is 13.8 Å².